The van der Waals surface area contributed by atoms with Gasteiger partial charge in [-0.3, -0.25) is 4.72 Å². The standard InChI is InChI=1S/C11H11BrN2O3S2/c1-6-3-4-8(15)11(13-6)14-19(16,17)9-5-10(12)18-7(9)2/h3-5,15H,1-2H3,(H,13,14). The summed E-state index contributed by atoms with van der Waals surface area (Å²) < 4.78 is 27.5. The second-order valence-electron chi connectivity index (χ2n) is 3.90. The highest BCUT2D eigenvalue weighted by Gasteiger charge is 2.21. The van der Waals surface area contributed by atoms with Crippen LogP contribution < -0.4 is 4.72 Å². The number of hydrogen-bond donors (Lipinski definition) is 2. The van der Waals surface area contributed by atoms with Crippen molar-refractivity contribution >= 4 is 43.1 Å². The summed E-state index contributed by atoms with van der Waals surface area (Å²) >= 11 is 4.58. The van der Waals surface area contributed by atoms with Gasteiger partial charge < -0.3 is 5.11 Å². The van der Waals surface area contributed by atoms with Crippen molar-refractivity contribution in [1.29, 1.82) is 0 Å². The molecule has 2 aromatic rings. The fourth-order valence-electron chi connectivity index (χ4n) is 1.50. The SMILES string of the molecule is Cc1ccc(O)c(NS(=O)(=O)c2cc(Br)sc2C)n1. The molecule has 0 saturated carbocycles. The molecule has 2 heterocycles. The van der Waals surface area contributed by atoms with Gasteiger partial charge in [0, 0.05) is 10.6 Å². The van der Waals surface area contributed by atoms with E-state index in [0.717, 1.165) is 3.79 Å². The van der Waals surface area contributed by atoms with E-state index in [1.165, 1.54) is 23.5 Å². The van der Waals surface area contributed by atoms with E-state index in [9.17, 15) is 13.5 Å². The van der Waals surface area contributed by atoms with Gasteiger partial charge in [-0.1, -0.05) is 0 Å². The van der Waals surface area contributed by atoms with Crippen molar-refractivity contribution in [2.24, 2.45) is 0 Å². The predicted molar refractivity (Wildman–Crippen MR) is 78.2 cm³/mol. The quantitative estimate of drug-likeness (QED) is 0.879. The van der Waals surface area contributed by atoms with E-state index in [1.807, 2.05) is 0 Å². The van der Waals surface area contributed by atoms with E-state index in [4.69, 9.17) is 0 Å². The monoisotopic (exact) mass is 362 g/mol. The van der Waals surface area contributed by atoms with E-state index in [0.29, 0.717) is 10.6 Å². The molecule has 0 fully saturated rings. The summed E-state index contributed by atoms with van der Waals surface area (Å²) in [6, 6.07) is 4.52. The summed E-state index contributed by atoms with van der Waals surface area (Å²) in [4.78, 5) is 4.80. The molecule has 2 N–H and O–H groups in total. The van der Waals surface area contributed by atoms with Crippen LogP contribution in [0.4, 0.5) is 5.82 Å². The molecule has 0 aliphatic rings. The molecule has 0 unspecified atom stereocenters. The third kappa shape index (κ3) is 3.07. The zero-order valence-corrected chi connectivity index (χ0v) is 13.4. The van der Waals surface area contributed by atoms with Gasteiger partial charge in [-0.2, -0.15) is 0 Å². The number of anilines is 1. The summed E-state index contributed by atoms with van der Waals surface area (Å²) in [6.07, 6.45) is 0. The van der Waals surface area contributed by atoms with Crippen LogP contribution in [0.3, 0.4) is 0 Å². The Morgan fingerprint density at radius 1 is 1.37 bits per heavy atom. The van der Waals surface area contributed by atoms with Crippen LogP contribution in [0.25, 0.3) is 0 Å². The predicted octanol–water partition coefficient (Wildman–Crippen LogP) is 3.03. The number of nitrogens with zero attached hydrogens (tertiary/aromatic N) is 1. The molecular formula is C11H11BrN2O3S2. The van der Waals surface area contributed by atoms with Gasteiger partial charge in [-0.05, 0) is 48.0 Å². The van der Waals surface area contributed by atoms with Crippen LogP contribution in [0.15, 0.2) is 26.9 Å². The largest absolute Gasteiger partial charge is 0.504 e. The highest BCUT2D eigenvalue weighted by atomic mass is 79.9. The average molecular weight is 363 g/mol. The molecule has 5 nitrogen and oxygen atoms in total. The lowest BCUT2D eigenvalue weighted by Gasteiger charge is -2.08. The Bertz CT molecular complexity index is 726. The summed E-state index contributed by atoms with van der Waals surface area (Å²) in [5.74, 6) is -0.275. The van der Waals surface area contributed by atoms with Crippen molar-refractivity contribution in [1.82, 2.24) is 4.98 Å². The Morgan fingerprint density at radius 2 is 2.05 bits per heavy atom. The zero-order valence-electron chi connectivity index (χ0n) is 10.1. The van der Waals surface area contributed by atoms with Gasteiger partial charge in [-0.15, -0.1) is 11.3 Å². The molecule has 8 heteroatoms. The minimum atomic E-state index is -3.75. The lowest BCUT2D eigenvalue weighted by Crippen LogP contribution is -2.14. The molecule has 102 valence electrons. The Morgan fingerprint density at radius 3 is 2.63 bits per heavy atom. The van der Waals surface area contributed by atoms with Crippen LogP contribution in [0.5, 0.6) is 5.75 Å². The number of nitrogens with one attached hydrogen (secondary N) is 1. The van der Waals surface area contributed by atoms with Crippen LogP contribution in [0.2, 0.25) is 0 Å². The van der Waals surface area contributed by atoms with Crippen molar-refractivity contribution < 1.29 is 13.5 Å². The number of aryl methyl sites for hydroxylation is 2. The Hall–Kier alpha value is -1.12. The fraction of sp³-hybridized carbons (Fsp3) is 0.182. The van der Waals surface area contributed by atoms with Crippen LogP contribution >= 0.6 is 27.3 Å². The highest BCUT2D eigenvalue weighted by molar-refractivity contribution is 9.11. The van der Waals surface area contributed by atoms with Gasteiger partial charge >= 0.3 is 0 Å². The molecule has 0 bridgehead atoms. The van der Waals surface area contributed by atoms with Crippen LogP contribution in [0, 0.1) is 13.8 Å². The molecule has 0 aliphatic carbocycles. The summed E-state index contributed by atoms with van der Waals surface area (Å²) in [5, 5.41) is 9.62. The zero-order chi connectivity index (χ0) is 14.2. The maximum Gasteiger partial charge on any atom is 0.264 e. The average Bonchev–Trinajstić information content (AvgIpc) is 2.63. The Labute approximate surface area is 123 Å². The molecule has 2 aromatic heterocycles. The molecule has 0 radical (unpaired) electrons. The lowest BCUT2D eigenvalue weighted by molar-refractivity contribution is 0.475. The molecule has 0 amide bonds. The molecule has 2 rings (SSSR count). The van der Waals surface area contributed by atoms with Gasteiger partial charge in [0.25, 0.3) is 10.0 Å². The van der Waals surface area contributed by atoms with Gasteiger partial charge in [0.1, 0.15) is 4.90 Å². The minimum Gasteiger partial charge on any atom is -0.504 e. The topological polar surface area (TPSA) is 79.3 Å². The molecular weight excluding hydrogens is 352 g/mol. The molecule has 0 aliphatic heterocycles. The normalized spacial score (nSPS) is 11.5. The van der Waals surface area contributed by atoms with Crippen molar-refractivity contribution in [3.05, 3.63) is 32.6 Å². The first-order chi connectivity index (χ1) is 8.79. The second kappa shape index (κ2) is 5.10. The van der Waals surface area contributed by atoms with Gasteiger partial charge in [0.15, 0.2) is 11.6 Å². The smallest absolute Gasteiger partial charge is 0.264 e. The number of pyridine rings is 1. The number of halogens is 1. The number of sulfonamides is 1. The van der Waals surface area contributed by atoms with E-state index in [-0.39, 0.29) is 16.5 Å². The number of aromatic nitrogens is 1. The Kier molecular flexibility index (Phi) is 3.84. The third-order valence-electron chi connectivity index (χ3n) is 2.38. The first-order valence-corrected chi connectivity index (χ1v) is 8.34. The summed E-state index contributed by atoms with van der Waals surface area (Å²) in [7, 11) is -3.75. The first-order valence-electron chi connectivity index (χ1n) is 5.25. The third-order valence-corrected chi connectivity index (χ3v) is 5.52. The van der Waals surface area contributed by atoms with Gasteiger partial charge in [0.2, 0.25) is 0 Å². The van der Waals surface area contributed by atoms with Gasteiger partial charge in [0.05, 0.1) is 3.79 Å². The first kappa shape index (κ1) is 14.3. The number of hydrogen-bond acceptors (Lipinski definition) is 5. The van der Waals surface area contributed by atoms with E-state index in [2.05, 4.69) is 25.6 Å². The second-order valence-corrected chi connectivity index (χ2v) is 8.18. The molecule has 0 aromatic carbocycles. The number of thiophene rings is 1. The number of aromatic hydroxyl groups is 1. The minimum absolute atomic E-state index is 0.0678. The van der Waals surface area contributed by atoms with Crippen LogP contribution in [-0.2, 0) is 10.0 Å². The number of rotatable bonds is 3. The van der Waals surface area contributed by atoms with E-state index < -0.39 is 10.0 Å². The fourth-order valence-corrected chi connectivity index (χ4v) is 4.94. The molecule has 19 heavy (non-hydrogen) atoms. The molecule has 0 saturated heterocycles. The summed E-state index contributed by atoms with van der Waals surface area (Å²) in [5.41, 5.74) is 0.610. The van der Waals surface area contributed by atoms with Crippen LogP contribution in [0.1, 0.15) is 10.6 Å². The van der Waals surface area contributed by atoms with Crippen molar-refractivity contribution in [2.75, 3.05) is 4.72 Å². The van der Waals surface area contributed by atoms with E-state index in [1.54, 1.807) is 19.9 Å². The van der Waals surface area contributed by atoms with Crippen molar-refractivity contribution in [2.45, 2.75) is 18.7 Å². The molecule has 0 spiro atoms. The van der Waals surface area contributed by atoms with Crippen molar-refractivity contribution in [3.8, 4) is 5.75 Å². The maximum atomic E-state index is 12.2. The molecule has 0 atom stereocenters. The van der Waals surface area contributed by atoms with Gasteiger partial charge in [-0.25, -0.2) is 13.4 Å². The maximum absolute atomic E-state index is 12.2. The van der Waals surface area contributed by atoms with E-state index >= 15 is 0 Å². The Balaban J connectivity index is 2.42. The summed E-state index contributed by atoms with van der Waals surface area (Å²) in [6.45, 7) is 3.43. The lowest BCUT2D eigenvalue weighted by atomic mass is 10.3. The highest BCUT2D eigenvalue weighted by Crippen LogP contribution is 2.31. The van der Waals surface area contributed by atoms with Crippen LogP contribution in [-0.4, -0.2) is 18.5 Å². The van der Waals surface area contributed by atoms with Crippen molar-refractivity contribution in [3.63, 3.8) is 0 Å².